The van der Waals surface area contributed by atoms with Crippen molar-refractivity contribution >= 4 is 17.8 Å². The fourth-order valence-corrected chi connectivity index (χ4v) is 3.84. The van der Waals surface area contributed by atoms with Gasteiger partial charge in [-0.2, -0.15) is 0 Å². The second-order valence-electron chi connectivity index (χ2n) is 7.41. The van der Waals surface area contributed by atoms with E-state index in [-0.39, 0.29) is 18.5 Å². The summed E-state index contributed by atoms with van der Waals surface area (Å²) in [5.74, 6) is 0.0478. The van der Waals surface area contributed by atoms with E-state index >= 15 is 0 Å². The minimum Gasteiger partial charge on any atom is -0.497 e. The zero-order valence-corrected chi connectivity index (χ0v) is 16.7. The maximum absolute atomic E-state index is 13.1. The summed E-state index contributed by atoms with van der Waals surface area (Å²) in [7, 11) is 1.56. The summed E-state index contributed by atoms with van der Waals surface area (Å²) in [6.07, 6.45) is 1.71. The topological polar surface area (TPSA) is 91.0 Å². The monoisotopic (exact) mass is 388 g/mol. The van der Waals surface area contributed by atoms with E-state index in [0.717, 1.165) is 30.8 Å². The van der Waals surface area contributed by atoms with E-state index in [1.807, 2.05) is 6.92 Å². The van der Waals surface area contributed by atoms with Gasteiger partial charge in [0.25, 0.3) is 5.91 Å². The first-order chi connectivity index (χ1) is 13.4. The van der Waals surface area contributed by atoms with Gasteiger partial charge < -0.3 is 20.3 Å². The first kappa shape index (κ1) is 20.1. The number of hydrogen-bond donors (Lipinski definition) is 2. The number of nitrogens with zero attached hydrogens (tertiary/aromatic N) is 2. The second kappa shape index (κ2) is 8.18. The van der Waals surface area contributed by atoms with Crippen LogP contribution in [0.25, 0.3) is 0 Å². The Bertz CT molecular complexity index is 745. The summed E-state index contributed by atoms with van der Waals surface area (Å²) < 4.78 is 5.15. The fraction of sp³-hybridized carbons (Fsp3) is 0.550. The SMILES string of the molecule is CCCN(C(=O)CN1C(=O)NC(C)(c2ccc(OC)cc2)C1=O)C1CCNC1. The molecule has 1 aromatic rings. The molecule has 28 heavy (non-hydrogen) atoms. The second-order valence-corrected chi connectivity index (χ2v) is 7.41. The van der Waals surface area contributed by atoms with Crippen LogP contribution < -0.4 is 15.4 Å². The van der Waals surface area contributed by atoms with Crippen molar-refractivity contribution in [2.24, 2.45) is 0 Å². The van der Waals surface area contributed by atoms with Crippen LogP contribution in [0, 0.1) is 0 Å². The smallest absolute Gasteiger partial charge is 0.325 e. The Hall–Kier alpha value is -2.61. The summed E-state index contributed by atoms with van der Waals surface area (Å²) in [6, 6.07) is 6.54. The van der Waals surface area contributed by atoms with Crippen LogP contribution in [0.1, 0.15) is 32.3 Å². The molecule has 2 fully saturated rings. The zero-order valence-electron chi connectivity index (χ0n) is 16.7. The van der Waals surface area contributed by atoms with Crippen molar-refractivity contribution in [1.82, 2.24) is 20.4 Å². The first-order valence-electron chi connectivity index (χ1n) is 9.69. The Morgan fingerprint density at radius 3 is 2.61 bits per heavy atom. The lowest BCUT2D eigenvalue weighted by atomic mass is 9.92. The number of benzene rings is 1. The van der Waals surface area contributed by atoms with E-state index in [9.17, 15) is 14.4 Å². The molecule has 152 valence electrons. The number of carbonyl (C=O) groups is 3. The number of nitrogens with one attached hydrogen (secondary N) is 2. The van der Waals surface area contributed by atoms with Crippen LogP contribution in [0.3, 0.4) is 0 Å². The van der Waals surface area contributed by atoms with Gasteiger partial charge in [-0.25, -0.2) is 4.79 Å². The number of carbonyl (C=O) groups excluding carboxylic acids is 3. The molecule has 1 aromatic carbocycles. The highest BCUT2D eigenvalue weighted by atomic mass is 16.5. The molecule has 0 bridgehead atoms. The van der Waals surface area contributed by atoms with Crippen LogP contribution in [0.15, 0.2) is 24.3 Å². The molecule has 0 radical (unpaired) electrons. The maximum atomic E-state index is 13.1. The van der Waals surface area contributed by atoms with Crippen LogP contribution in [-0.2, 0) is 15.1 Å². The Morgan fingerprint density at radius 1 is 1.32 bits per heavy atom. The average molecular weight is 388 g/mol. The highest BCUT2D eigenvalue weighted by molar-refractivity contribution is 6.09. The average Bonchev–Trinajstić information content (AvgIpc) is 3.30. The molecular weight excluding hydrogens is 360 g/mol. The van der Waals surface area contributed by atoms with Gasteiger partial charge in [0.2, 0.25) is 5.91 Å². The molecule has 2 atom stereocenters. The predicted octanol–water partition coefficient (Wildman–Crippen LogP) is 1.06. The van der Waals surface area contributed by atoms with Crippen molar-refractivity contribution < 1.29 is 19.1 Å². The number of hydrogen-bond acceptors (Lipinski definition) is 5. The van der Waals surface area contributed by atoms with Gasteiger partial charge in [0.05, 0.1) is 7.11 Å². The lowest BCUT2D eigenvalue weighted by molar-refractivity contribution is -0.140. The highest BCUT2D eigenvalue weighted by Gasteiger charge is 2.49. The van der Waals surface area contributed by atoms with E-state index in [1.165, 1.54) is 0 Å². The molecule has 0 saturated carbocycles. The standard InChI is InChI=1S/C20H28N4O4/c1-4-11-23(15-9-10-21-12-15)17(25)13-24-18(26)20(2,22-19(24)27)14-5-7-16(28-3)8-6-14/h5-8,15,21H,4,9-13H2,1-3H3,(H,22,27). The molecule has 2 heterocycles. The molecule has 2 aliphatic heterocycles. The minimum atomic E-state index is -1.20. The third-order valence-corrected chi connectivity index (χ3v) is 5.50. The van der Waals surface area contributed by atoms with Crippen LogP contribution >= 0.6 is 0 Å². The molecule has 2 aliphatic rings. The third kappa shape index (κ3) is 3.69. The molecule has 0 aliphatic carbocycles. The van der Waals surface area contributed by atoms with Gasteiger partial charge in [-0.1, -0.05) is 19.1 Å². The zero-order chi connectivity index (χ0) is 20.3. The van der Waals surface area contributed by atoms with Gasteiger partial charge in [-0.05, 0) is 44.0 Å². The highest BCUT2D eigenvalue weighted by Crippen LogP contribution is 2.30. The van der Waals surface area contributed by atoms with Crippen molar-refractivity contribution in [1.29, 1.82) is 0 Å². The molecular formula is C20H28N4O4. The molecule has 8 heteroatoms. The van der Waals surface area contributed by atoms with Gasteiger partial charge in [0.1, 0.15) is 17.8 Å². The summed E-state index contributed by atoms with van der Waals surface area (Å²) in [5, 5.41) is 6.00. The molecule has 2 unspecified atom stereocenters. The third-order valence-electron chi connectivity index (χ3n) is 5.50. The Kier molecular flexibility index (Phi) is 5.88. The molecule has 8 nitrogen and oxygen atoms in total. The van der Waals surface area contributed by atoms with Crippen LogP contribution in [0.5, 0.6) is 5.75 Å². The van der Waals surface area contributed by atoms with Gasteiger partial charge in [0, 0.05) is 19.1 Å². The lowest BCUT2D eigenvalue weighted by Crippen LogP contribution is -2.48. The summed E-state index contributed by atoms with van der Waals surface area (Å²) in [6.45, 7) is 5.66. The number of methoxy groups -OCH3 is 1. The number of urea groups is 1. The summed E-state index contributed by atoms with van der Waals surface area (Å²) >= 11 is 0. The largest absolute Gasteiger partial charge is 0.497 e. The van der Waals surface area contributed by atoms with Crippen molar-refractivity contribution in [3.8, 4) is 5.75 Å². The molecule has 3 rings (SSSR count). The molecule has 2 saturated heterocycles. The quantitative estimate of drug-likeness (QED) is 0.682. The van der Waals surface area contributed by atoms with E-state index in [1.54, 1.807) is 43.2 Å². The van der Waals surface area contributed by atoms with Gasteiger partial charge >= 0.3 is 6.03 Å². The summed E-state index contributed by atoms with van der Waals surface area (Å²) in [5.41, 5.74) is -0.555. The van der Waals surface area contributed by atoms with Gasteiger partial charge in [-0.15, -0.1) is 0 Å². The minimum absolute atomic E-state index is 0.112. The maximum Gasteiger partial charge on any atom is 0.325 e. The van der Waals surface area contributed by atoms with Crippen molar-refractivity contribution in [2.75, 3.05) is 33.3 Å². The van der Waals surface area contributed by atoms with Gasteiger partial charge in [-0.3, -0.25) is 14.5 Å². The van der Waals surface area contributed by atoms with Gasteiger partial charge in [0.15, 0.2) is 0 Å². The van der Waals surface area contributed by atoms with Crippen molar-refractivity contribution in [2.45, 2.75) is 38.3 Å². The van der Waals surface area contributed by atoms with E-state index in [2.05, 4.69) is 10.6 Å². The van der Waals surface area contributed by atoms with E-state index in [4.69, 9.17) is 4.74 Å². The first-order valence-corrected chi connectivity index (χ1v) is 9.69. The van der Waals surface area contributed by atoms with Crippen LogP contribution in [-0.4, -0.2) is 67.0 Å². The lowest BCUT2D eigenvalue weighted by Gasteiger charge is -2.29. The Labute approximate surface area is 165 Å². The van der Waals surface area contributed by atoms with Crippen molar-refractivity contribution in [3.63, 3.8) is 0 Å². The Balaban J connectivity index is 1.75. The Morgan fingerprint density at radius 2 is 2.04 bits per heavy atom. The number of amides is 4. The normalized spacial score (nSPS) is 24.4. The fourth-order valence-electron chi connectivity index (χ4n) is 3.84. The molecule has 4 amide bonds. The predicted molar refractivity (Wildman–Crippen MR) is 104 cm³/mol. The van der Waals surface area contributed by atoms with Crippen LogP contribution in [0.2, 0.25) is 0 Å². The molecule has 2 N–H and O–H groups in total. The van der Waals surface area contributed by atoms with Crippen LogP contribution in [0.4, 0.5) is 4.79 Å². The molecule has 0 spiro atoms. The number of ether oxygens (including phenoxy) is 1. The molecule has 0 aromatic heterocycles. The van der Waals surface area contributed by atoms with E-state index < -0.39 is 17.5 Å². The van der Waals surface area contributed by atoms with Crippen molar-refractivity contribution in [3.05, 3.63) is 29.8 Å². The van der Waals surface area contributed by atoms with E-state index in [0.29, 0.717) is 17.9 Å². The summed E-state index contributed by atoms with van der Waals surface area (Å²) in [4.78, 5) is 41.3. The number of rotatable bonds is 7. The number of imide groups is 1.